The maximum Gasteiger partial charge on any atom is 0.166 e. The first-order valence-electron chi connectivity index (χ1n) is 4.58. The Morgan fingerprint density at radius 1 is 0.882 bits per heavy atom. The Morgan fingerprint density at radius 3 is 1.88 bits per heavy atom. The lowest BCUT2D eigenvalue weighted by Crippen LogP contribution is -1.80. The van der Waals surface area contributed by atoms with Gasteiger partial charge in [-0.25, -0.2) is 8.78 Å². The predicted molar refractivity (Wildman–Crippen MR) is 61.1 cm³/mol. The summed E-state index contributed by atoms with van der Waals surface area (Å²) < 4.78 is 24.6. The average molecular weight is 259 g/mol. The lowest BCUT2D eigenvalue weighted by atomic mass is 10.3. The summed E-state index contributed by atoms with van der Waals surface area (Å²) in [6.07, 6.45) is 0. The Labute approximate surface area is 102 Å². The van der Waals surface area contributed by atoms with Crippen molar-refractivity contribution in [2.24, 2.45) is 0 Å². The maximum atomic E-state index is 12.3. The highest BCUT2D eigenvalue weighted by atomic mass is 35.5. The SMILES string of the molecule is Oc1cc(F)c(Cl)cc1F.Oc1ccccc1. The first-order valence-corrected chi connectivity index (χ1v) is 4.96. The van der Waals surface area contributed by atoms with Crippen LogP contribution in [0, 0.1) is 11.6 Å². The van der Waals surface area contributed by atoms with Gasteiger partial charge in [0, 0.05) is 6.07 Å². The van der Waals surface area contributed by atoms with Crippen LogP contribution in [0.4, 0.5) is 8.78 Å². The Kier molecular flexibility index (Phi) is 4.72. The molecular formula is C12H9ClF2O2. The Hall–Kier alpha value is -1.81. The molecule has 0 aromatic heterocycles. The second kappa shape index (κ2) is 6.06. The molecule has 0 aliphatic rings. The van der Waals surface area contributed by atoms with Crippen LogP contribution in [0.15, 0.2) is 42.5 Å². The fourth-order valence-corrected chi connectivity index (χ4v) is 1.09. The molecule has 0 unspecified atom stereocenters. The summed E-state index contributed by atoms with van der Waals surface area (Å²) in [6.45, 7) is 0. The third kappa shape index (κ3) is 4.28. The molecular weight excluding hydrogens is 250 g/mol. The van der Waals surface area contributed by atoms with Gasteiger partial charge < -0.3 is 10.2 Å². The number of aromatic hydroxyl groups is 2. The quantitative estimate of drug-likeness (QED) is 0.707. The van der Waals surface area contributed by atoms with E-state index < -0.39 is 17.4 Å². The van der Waals surface area contributed by atoms with E-state index >= 15 is 0 Å². The van der Waals surface area contributed by atoms with E-state index in [9.17, 15) is 8.78 Å². The van der Waals surface area contributed by atoms with E-state index in [0.717, 1.165) is 0 Å². The number of hydrogen-bond acceptors (Lipinski definition) is 2. The van der Waals surface area contributed by atoms with Crippen molar-refractivity contribution in [3.63, 3.8) is 0 Å². The van der Waals surface area contributed by atoms with E-state index in [4.69, 9.17) is 21.8 Å². The van der Waals surface area contributed by atoms with Gasteiger partial charge in [-0.2, -0.15) is 0 Å². The Balaban J connectivity index is 0.000000181. The number of benzene rings is 2. The van der Waals surface area contributed by atoms with Crippen molar-refractivity contribution >= 4 is 11.6 Å². The van der Waals surface area contributed by atoms with Crippen molar-refractivity contribution in [3.05, 3.63) is 59.1 Å². The molecule has 2 aromatic rings. The van der Waals surface area contributed by atoms with E-state index in [1.165, 1.54) is 0 Å². The summed E-state index contributed by atoms with van der Waals surface area (Å²) in [7, 11) is 0. The molecule has 0 saturated heterocycles. The van der Waals surface area contributed by atoms with Crippen molar-refractivity contribution in [2.45, 2.75) is 0 Å². The molecule has 0 aliphatic carbocycles. The molecule has 2 rings (SSSR count). The van der Waals surface area contributed by atoms with E-state index in [2.05, 4.69) is 0 Å². The summed E-state index contributed by atoms with van der Waals surface area (Å²) in [4.78, 5) is 0. The van der Waals surface area contributed by atoms with Gasteiger partial charge >= 0.3 is 0 Å². The highest BCUT2D eigenvalue weighted by Gasteiger charge is 2.05. The number of halogens is 3. The first-order chi connectivity index (χ1) is 8.00. The van der Waals surface area contributed by atoms with Crippen LogP contribution in [0.3, 0.4) is 0 Å². The van der Waals surface area contributed by atoms with Crippen molar-refractivity contribution in [1.29, 1.82) is 0 Å². The maximum absolute atomic E-state index is 12.3. The van der Waals surface area contributed by atoms with Gasteiger partial charge in [0.25, 0.3) is 0 Å². The second-order valence-electron chi connectivity index (χ2n) is 3.05. The summed E-state index contributed by atoms with van der Waals surface area (Å²) in [5, 5.41) is 16.8. The van der Waals surface area contributed by atoms with E-state index in [1.807, 2.05) is 6.07 Å². The first kappa shape index (κ1) is 13.3. The van der Waals surface area contributed by atoms with Gasteiger partial charge in [-0.05, 0) is 18.2 Å². The molecule has 0 spiro atoms. The molecule has 17 heavy (non-hydrogen) atoms. The van der Waals surface area contributed by atoms with Gasteiger partial charge in [-0.3, -0.25) is 0 Å². The minimum Gasteiger partial charge on any atom is -0.508 e. The third-order valence-electron chi connectivity index (χ3n) is 1.75. The van der Waals surface area contributed by atoms with Crippen LogP contribution in [0.25, 0.3) is 0 Å². The van der Waals surface area contributed by atoms with Gasteiger partial charge in [0.05, 0.1) is 5.02 Å². The fraction of sp³-hybridized carbons (Fsp3) is 0. The third-order valence-corrected chi connectivity index (χ3v) is 2.04. The number of rotatable bonds is 0. The predicted octanol–water partition coefficient (Wildman–Crippen LogP) is 3.72. The van der Waals surface area contributed by atoms with Gasteiger partial charge in [0.2, 0.25) is 0 Å². The number of hydrogen-bond donors (Lipinski definition) is 2. The molecule has 2 nitrogen and oxygen atoms in total. The fourth-order valence-electron chi connectivity index (χ4n) is 0.940. The second-order valence-corrected chi connectivity index (χ2v) is 3.46. The van der Waals surface area contributed by atoms with E-state index in [-0.39, 0.29) is 5.02 Å². The summed E-state index contributed by atoms with van der Waals surface area (Å²) in [6, 6.07) is 10.0. The highest BCUT2D eigenvalue weighted by Crippen LogP contribution is 2.22. The van der Waals surface area contributed by atoms with Crippen LogP contribution in [-0.4, -0.2) is 10.2 Å². The van der Waals surface area contributed by atoms with Crippen molar-refractivity contribution in [3.8, 4) is 11.5 Å². The molecule has 0 amide bonds. The molecule has 0 bridgehead atoms. The van der Waals surface area contributed by atoms with Crippen molar-refractivity contribution in [2.75, 3.05) is 0 Å². The molecule has 2 aromatic carbocycles. The van der Waals surface area contributed by atoms with E-state index in [1.54, 1.807) is 24.3 Å². The molecule has 2 N–H and O–H groups in total. The number of para-hydroxylation sites is 1. The van der Waals surface area contributed by atoms with Crippen LogP contribution in [0.1, 0.15) is 0 Å². The number of phenols is 2. The van der Waals surface area contributed by atoms with Crippen LogP contribution in [0.2, 0.25) is 5.02 Å². The molecule has 90 valence electrons. The Bertz CT molecular complexity index is 439. The molecule has 0 saturated carbocycles. The summed E-state index contributed by atoms with van der Waals surface area (Å²) in [5.41, 5.74) is 0. The van der Waals surface area contributed by atoms with Crippen LogP contribution in [-0.2, 0) is 0 Å². The minimum absolute atomic E-state index is 0.322. The lowest BCUT2D eigenvalue weighted by Gasteiger charge is -1.95. The minimum atomic E-state index is -0.925. The van der Waals surface area contributed by atoms with Gasteiger partial charge in [-0.15, -0.1) is 0 Å². The lowest BCUT2D eigenvalue weighted by molar-refractivity contribution is 0.426. The monoisotopic (exact) mass is 258 g/mol. The molecule has 0 fully saturated rings. The normalized spacial score (nSPS) is 9.35. The zero-order chi connectivity index (χ0) is 12.8. The van der Waals surface area contributed by atoms with Gasteiger partial charge in [-0.1, -0.05) is 29.8 Å². The topological polar surface area (TPSA) is 40.5 Å². The van der Waals surface area contributed by atoms with Gasteiger partial charge in [0.15, 0.2) is 11.6 Å². The highest BCUT2D eigenvalue weighted by molar-refractivity contribution is 6.30. The number of phenolic OH excluding ortho intramolecular Hbond substituents is 2. The molecule has 0 atom stereocenters. The molecule has 0 heterocycles. The van der Waals surface area contributed by atoms with Crippen LogP contribution >= 0.6 is 11.6 Å². The standard InChI is InChI=1S/C6H3ClF2O.C6H6O/c7-3-1-5(9)6(10)2-4(3)8;7-6-4-2-1-3-5-6/h1-2,10H;1-5,7H. The zero-order valence-electron chi connectivity index (χ0n) is 8.57. The van der Waals surface area contributed by atoms with Crippen LogP contribution < -0.4 is 0 Å². The summed E-state index contributed by atoms with van der Waals surface area (Å²) >= 11 is 5.16. The van der Waals surface area contributed by atoms with E-state index in [0.29, 0.717) is 17.9 Å². The van der Waals surface area contributed by atoms with Crippen LogP contribution in [0.5, 0.6) is 11.5 Å². The Morgan fingerprint density at radius 2 is 1.47 bits per heavy atom. The molecule has 0 radical (unpaired) electrons. The molecule has 5 heteroatoms. The average Bonchev–Trinajstić information content (AvgIpc) is 2.28. The van der Waals surface area contributed by atoms with Gasteiger partial charge in [0.1, 0.15) is 11.6 Å². The van der Waals surface area contributed by atoms with Crippen molar-refractivity contribution < 1.29 is 19.0 Å². The smallest absolute Gasteiger partial charge is 0.166 e. The summed E-state index contributed by atoms with van der Waals surface area (Å²) in [5.74, 6) is -2.17. The van der Waals surface area contributed by atoms with Crippen molar-refractivity contribution in [1.82, 2.24) is 0 Å². The molecule has 0 aliphatic heterocycles. The zero-order valence-corrected chi connectivity index (χ0v) is 9.33. The largest absolute Gasteiger partial charge is 0.508 e.